The average molecular weight is 513 g/mol. The number of guanidine groups is 1. The first-order chi connectivity index (χ1) is 13.2. The van der Waals surface area contributed by atoms with Gasteiger partial charge in [0.15, 0.2) is 11.1 Å². The van der Waals surface area contributed by atoms with Gasteiger partial charge in [-0.2, -0.15) is 0 Å². The predicted octanol–water partition coefficient (Wildman–Crippen LogP) is 4.09. The minimum absolute atomic E-state index is 0. The molecule has 1 aliphatic heterocycles. The fourth-order valence-corrected chi connectivity index (χ4v) is 4.22. The van der Waals surface area contributed by atoms with Crippen LogP contribution in [-0.4, -0.2) is 43.7 Å². The van der Waals surface area contributed by atoms with Gasteiger partial charge in [-0.3, -0.25) is 4.99 Å². The number of nitrogens with one attached hydrogen (secondary N) is 2. The smallest absolute Gasteiger partial charge is 0.191 e. The summed E-state index contributed by atoms with van der Waals surface area (Å²) in [7, 11) is 1.83. The molecule has 0 saturated carbocycles. The number of aryl methyl sites for hydroxylation is 1. The zero-order valence-electron chi connectivity index (χ0n) is 16.9. The van der Waals surface area contributed by atoms with Crippen LogP contribution in [0.2, 0.25) is 0 Å². The minimum Gasteiger partial charge on any atom is -0.356 e. The minimum atomic E-state index is 0. The van der Waals surface area contributed by atoms with Crippen LogP contribution in [0, 0.1) is 0 Å². The largest absolute Gasteiger partial charge is 0.356 e. The SMILES string of the molecule is CN=C(NCCc1csc(N2CCCC2)n1)NC(C)CCc1ccccc1.I. The summed E-state index contributed by atoms with van der Waals surface area (Å²) in [6.45, 7) is 5.36. The van der Waals surface area contributed by atoms with Crippen LogP contribution in [0.1, 0.15) is 37.4 Å². The molecule has 0 spiro atoms. The number of benzene rings is 1. The maximum atomic E-state index is 4.78. The second-order valence-corrected chi connectivity index (χ2v) is 7.97. The monoisotopic (exact) mass is 513 g/mol. The number of nitrogens with zero attached hydrogens (tertiary/aromatic N) is 3. The average Bonchev–Trinajstić information content (AvgIpc) is 3.38. The van der Waals surface area contributed by atoms with Crippen LogP contribution in [-0.2, 0) is 12.8 Å². The fraction of sp³-hybridized carbons (Fsp3) is 0.524. The molecule has 1 aromatic heterocycles. The fourth-order valence-electron chi connectivity index (χ4n) is 3.30. The van der Waals surface area contributed by atoms with Crippen LogP contribution in [0.4, 0.5) is 5.13 Å². The third kappa shape index (κ3) is 7.24. The Kier molecular flexibility index (Phi) is 10.0. The molecule has 1 aliphatic rings. The number of anilines is 1. The molecule has 154 valence electrons. The van der Waals surface area contributed by atoms with Crippen LogP contribution < -0.4 is 15.5 Å². The van der Waals surface area contributed by atoms with Crippen LogP contribution in [0.15, 0.2) is 40.7 Å². The van der Waals surface area contributed by atoms with Crippen molar-refractivity contribution in [3.8, 4) is 0 Å². The van der Waals surface area contributed by atoms with Crippen molar-refractivity contribution in [3.05, 3.63) is 47.0 Å². The Hall–Kier alpha value is -1.35. The Morgan fingerprint density at radius 2 is 1.96 bits per heavy atom. The Bertz CT molecular complexity index is 713. The van der Waals surface area contributed by atoms with Crippen molar-refractivity contribution >= 4 is 46.4 Å². The van der Waals surface area contributed by atoms with Gasteiger partial charge in [0.05, 0.1) is 5.69 Å². The highest BCUT2D eigenvalue weighted by molar-refractivity contribution is 14.0. The van der Waals surface area contributed by atoms with Gasteiger partial charge in [-0.1, -0.05) is 30.3 Å². The van der Waals surface area contributed by atoms with Crippen molar-refractivity contribution < 1.29 is 0 Å². The Morgan fingerprint density at radius 3 is 2.68 bits per heavy atom. The van der Waals surface area contributed by atoms with E-state index in [0.29, 0.717) is 6.04 Å². The summed E-state index contributed by atoms with van der Waals surface area (Å²) in [5.74, 6) is 0.866. The molecular formula is C21H32IN5S. The van der Waals surface area contributed by atoms with Gasteiger partial charge in [-0.25, -0.2) is 4.98 Å². The van der Waals surface area contributed by atoms with E-state index >= 15 is 0 Å². The van der Waals surface area contributed by atoms with E-state index in [2.05, 4.69) is 63.2 Å². The highest BCUT2D eigenvalue weighted by atomic mass is 127. The topological polar surface area (TPSA) is 52.6 Å². The first-order valence-electron chi connectivity index (χ1n) is 9.95. The standard InChI is InChI=1S/C21H31N5S.HI/c1-17(10-11-18-8-4-3-5-9-18)24-20(22-2)23-13-12-19-16-27-21(25-19)26-14-6-7-15-26;/h3-5,8-9,16-17H,6-7,10-15H2,1-2H3,(H2,22,23,24);1H. The number of aliphatic imine (C=N–C) groups is 1. The summed E-state index contributed by atoms with van der Waals surface area (Å²) in [4.78, 5) is 11.5. The van der Waals surface area contributed by atoms with Crippen LogP contribution in [0.5, 0.6) is 0 Å². The molecule has 0 radical (unpaired) electrons. The quantitative estimate of drug-likeness (QED) is 0.317. The molecule has 7 heteroatoms. The zero-order chi connectivity index (χ0) is 18.9. The maximum Gasteiger partial charge on any atom is 0.191 e. The number of rotatable bonds is 8. The molecule has 0 amide bonds. The molecule has 1 aromatic carbocycles. The summed E-state index contributed by atoms with van der Waals surface area (Å²) in [5.41, 5.74) is 2.55. The van der Waals surface area contributed by atoms with Gasteiger partial charge in [0, 0.05) is 44.5 Å². The first-order valence-corrected chi connectivity index (χ1v) is 10.8. The van der Waals surface area contributed by atoms with Crippen LogP contribution in [0.3, 0.4) is 0 Å². The molecule has 0 bridgehead atoms. The second-order valence-electron chi connectivity index (χ2n) is 7.13. The summed E-state index contributed by atoms with van der Waals surface area (Å²) in [6.07, 6.45) is 5.66. The van der Waals surface area contributed by atoms with Gasteiger partial charge < -0.3 is 15.5 Å². The van der Waals surface area contributed by atoms with E-state index in [1.54, 1.807) is 11.3 Å². The molecule has 0 aliphatic carbocycles. The number of halogens is 1. The summed E-state index contributed by atoms with van der Waals surface area (Å²) in [6, 6.07) is 11.0. The van der Waals surface area contributed by atoms with E-state index in [1.807, 2.05) is 7.05 Å². The Morgan fingerprint density at radius 1 is 1.21 bits per heavy atom. The zero-order valence-corrected chi connectivity index (χ0v) is 20.0. The molecule has 2 aromatic rings. The molecule has 1 unspecified atom stereocenters. The molecular weight excluding hydrogens is 481 g/mol. The van der Waals surface area contributed by atoms with E-state index in [4.69, 9.17) is 4.98 Å². The molecule has 1 fully saturated rings. The van der Waals surface area contributed by atoms with Crippen molar-refractivity contribution in [2.75, 3.05) is 31.6 Å². The predicted molar refractivity (Wildman–Crippen MR) is 131 cm³/mol. The lowest BCUT2D eigenvalue weighted by Gasteiger charge is -2.18. The lowest BCUT2D eigenvalue weighted by molar-refractivity contribution is 0.593. The highest BCUT2D eigenvalue weighted by Crippen LogP contribution is 2.24. The van der Waals surface area contributed by atoms with Crippen LogP contribution >= 0.6 is 35.3 Å². The van der Waals surface area contributed by atoms with Gasteiger partial charge in [0.1, 0.15) is 0 Å². The molecule has 1 saturated heterocycles. The molecule has 2 N–H and O–H groups in total. The molecule has 1 atom stereocenters. The third-order valence-electron chi connectivity index (χ3n) is 4.91. The number of thiazole rings is 1. The molecule has 5 nitrogen and oxygen atoms in total. The Balaban J connectivity index is 0.00000280. The second kappa shape index (κ2) is 12.3. The lowest BCUT2D eigenvalue weighted by Crippen LogP contribution is -2.43. The van der Waals surface area contributed by atoms with Crippen molar-refractivity contribution in [1.29, 1.82) is 0 Å². The molecule has 3 rings (SSSR count). The van der Waals surface area contributed by atoms with Crippen molar-refractivity contribution in [3.63, 3.8) is 0 Å². The molecule has 28 heavy (non-hydrogen) atoms. The number of hydrogen-bond donors (Lipinski definition) is 2. The van der Waals surface area contributed by atoms with E-state index < -0.39 is 0 Å². The van der Waals surface area contributed by atoms with E-state index in [1.165, 1.54) is 29.2 Å². The summed E-state index contributed by atoms with van der Waals surface area (Å²) >= 11 is 1.77. The van der Waals surface area contributed by atoms with Crippen molar-refractivity contribution in [2.24, 2.45) is 4.99 Å². The Labute approximate surface area is 190 Å². The maximum absolute atomic E-state index is 4.78. The van der Waals surface area contributed by atoms with Gasteiger partial charge in [-0.05, 0) is 38.2 Å². The summed E-state index contributed by atoms with van der Waals surface area (Å²) < 4.78 is 0. The van der Waals surface area contributed by atoms with Crippen molar-refractivity contribution in [2.45, 2.75) is 45.1 Å². The van der Waals surface area contributed by atoms with Crippen LogP contribution in [0.25, 0.3) is 0 Å². The lowest BCUT2D eigenvalue weighted by atomic mass is 10.1. The summed E-state index contributed by atoms with van der Waals surface area (Å²) in [5, 5.41) is 10.3. The number of hydrogen-bond acceptors (Lipinski definition) is 4. The highest BCUT2D eigenvalue weighted by Gasteiger charge is 2.15. The van der Waals surface area contributed by atoms with Gasteiger partial charge in [0.25, 0.3) is 0 Å². The van der Waals surface area contributed by atoms with E-state index in [9.17, 15) is 0 Å². The van der Waals surface area contributed by atoms with Gasteiger partial charge in [0.2, 0.25) is 0 Å². The van der Waals surface area contributed by atoms with Gasteiger partial charge in [-0.15, -0.1) is 35.3 Å². The number of aromatic nitrogens is 1. The normalized spacial score (nSPS) is 15.2. The van der Waals surface area contributed by atoms with Crippen molar-refractivity contribution in [1.82, 2.24) is 15.6 Å². The first kappa shape index (κ1) is 22.9. The molecule has 2 heterocycles. The van der Waals surface area contributed by atoms with Gasteiger partial charge >= 0.3 is 0 Å². The van der Waals surface area contributed by atoms with E-state index in [0.717, 1.165) is 44.9 Å². The van der Waals surface area contributed by atoms with E-state index in [-0.39, 0.29) is 24.0 Å². The third-order valence-corrected chi connectivity index (χ3v) is 5.86.